The Morgan fingerprint density at radius 1 is 0.710 bits per heavy atom. The maximum absolute atomic E-state index is 3.73. The van der Waals surface area contributed by atoms with Gasteiger partial charge in [0.05, 0.1) is 0 Å². The van der Waals surface area contributed by atoms with Gasteiger partial charge in [-0.25, -0.2) is 0 Å². The van der Waals surface area contributed by atoms with E-state index in [4.69, 9.17) is 0 Å². The first-order valence-corrected chi connectivity index (χ1v) is 12.6. The SMILES string of the molecule is c1ccc(CN(Cc2ccccc2)C2(CCNCCCCNCCC3CC3)CC2)cc1. The van der Waals surface area contributed by atoms with E-state index in [2.05, 4.69) is 76.2 Å². The molecule has 0 radical (unpaired) electrons. The van der Waals surface area contributed by atoms with Gasteiger partial charge in [0.2, 0.25) is 0 Å². The molecule has 0 amide bonds. The Morgan fingerprint density at radius 2 is 1.26 bits per heavy atom. The number of benzene rings is 2. The summed E-state index contributed by atoms with van der Waals surface area (Å²) < 4.78 is 0. The average Bonchev–Trinajstić information content (AvgIpc) is 3.73. The minimum atomic E-state index is 0.378. The molecule has 0 aliphatic heterocycles. The first-order valence-electron chi connectivity index (χ1n) is 12.6. The predicted molar refractivity (Wildman–Crippen MR) is 131 cm³/mol. The van der Waals surface area contributed by atoms with E-state index in [1.54, 1.807) is 0 Å². The van der Waals surface area contributed by atoms with Crippen LogP contribution in [-0.2, 0) is 13.1 Å². The first kappa shape index (κ1) is 22.5. The van der Waals surface area contributed by atoms with Crippen molar-refractivity contribution >= 4 is 0 Å². The van der Waals surface area contributed by atoms with Crippen LogP contribution in [0.1, 0.15) is 62.5 Å². The summed E-state index contributed by atoms with van der Waals surface area (Å²) in [6, 6.07) is 22.0. The second-order valence-corrected chi connectivity index (χ2v) is 9.74. The Labute approximate surface area is 189 Å². The fourth-order valence-electron chi connectivity index (χ4n) is 4.65. The lowest BCUT2D eigenvalue weighted by Gasteiger charge is -2.32. The van der Waals surface area contributed by atoms with Crippen molar-refractivity contribution in [2.24, 2.45) is 5.92 Å². The number of nitrogens with one attached hydrogen (secondary N) is 2. The summed E-state index contributed by atoms with van der Waals surface area (Å²) >= 11 is 0. The summed E-state index contributed by atoms with van der Waals surface area (Å²) in [4.78, 5) is 2.74. The van der Waals surface area contributed by atoms with Gasteiger partial charge in [0.25, 0.3) is 0 Å². The lowest BCUT2D eigenvalue weighted by molar-refractivity contribution is 0.148. The molecule has 2 aliphatic carbocycles. The molecule has 0 unspecified atom stereocenters. The van der Waals surface area contributed by atoms with Crippen molar-refractivity contribution in [3.63, 3.8) is 0 Å². The van der Waals surface area contributed by atoms with E-state index in [1.165, 1.54) is 75.6 Å². The standard InChI is InChI=1S/C28H41N3/c1-3-9-26(10-4-1)23-31(24-27-11-5-2-6-12-27)28(16-17-28)18-22-30-20-8-7-19-29-21-15-25-13-14-25/h1-6,9-12,25,29-30H,7-8,13-24H2. The highest BCUT2D eigenvalue weighted by molar-refractivity contribution is 5.19. The molecule has 4 rings (SSSR count). The van der Waals surface area contributed by atoms with Gasteiger partial charge in [0.1, 0.15) is 0 Å². The van der Waals surface area contributed by atoms with Crippen LogP contribution in [0, 0.1) is 5.92 Å². The van der Waals surface area contributed by atoms with Crippen LogP contribution in [0.15, 0.2) is 60.7 Å². The van der Waals surface area contributed by atoms with Crippen LogP contribution >= 0.6 is 0 Å². The molecule has 0 bridgehead atoms. The van der Waals surface area contributed by atoms with E-state index in [-0.39, 0.29) is 0 Å². The van der Waals surface area contributed by atoms with Crippen LogP contribution < -0.4 is 10.6 Å². The Bertz CT molecular complexity index is 696. The van der Waals surface area contributed by atoms with Gasteiger partial charge in [-0.1, -0.05) is 73.5 Å². The summed E-state index contributed by atoms with van der Waals surface area (Å²) in [7, 11) is 0. The normalized spacial score (nSPS) is 17.2. The summed E-state index contributed by atoms with van der Waals surface area (Å²) in [5, 5.41) is 7.34. The third-order valence-electron chi connectivity index (χ3n) is 7.08. The minimum absolute atomic E-state index is 0.378. The van der Waals surface area contributed by atoms with Gasteiger partial charge in [0, 0.05) is 18.6 Å². The maximum Gasteiger partial charge on any atom is 0.0242 e. The highest BCUT2D eigenvalue weighted by Gasteiger charge is 2.46. The van der Waals surface area contributed by atoms with Crippen LogP contribution in [0.25, 0.3) is 0 Å². The molecule has 2 aliphatic rings. The smallest absolute Gasteiger partial charge is 0.0242 e. The largest absolute Gasteiger partial charge is 0.317 e. The van der Waals surface area contributed by atoms with Gasteiger partial charge in [-0.15, -0.1) is 0 Å². The van der Waals surface area contributed by atoms with E-state index < -0.39 is 0 Å². The van der Waals surface area contributed by atoms with Crippen LogP contribution in [-0.4, -0.2) is 36.6 Å². The van der Waals surface area contributed by atoms with E-state index in [9.17, 15) is 0 Å². The molecular formula is C28H41N3. The van der Waals surface area contributed by atoms with Gasteiger partial charge < -0.3 is 10.6 Å². The maximum atomic E-state index is 3.73. The second-order valence-electron chi connectivity index (χ2n) is 9.74. The van der Waals surface area contributed by atoms with Crippen LogP contribution in [0.2, 0.25) is 0 Å². The molecule has 0 heterocycles. The van der Waals surface area contributed by atoms with Crippen molar-refractivity contribution < 1.29 is 0 Å². The number of hydrogen-bond donors (Lipinski definition) is 2. The zero-order chi connectivity index (χ0) is 21.2. The lowest BCUT2D eigenvalue weighted by Crippen LogP contribution is -2.38. The van der Waals surface area contributed by atoms with E-state index in [0.29, 0.717) is 5.54 Å². The minimum Gasteiger partial charge on any atom is -0.317 e. The van der Waals surface area contributed by atoms with Crippen molar-refractivity contribution in [1.82, 2.24) is 15.5 Å². The fourth-order valence-corrected chi connectivity index (χ4v) is 4.65. The van der Waals surface area contributed by atoms with Crippen LogP contribution in [0.5, 0.6) is 0 Å². The highest BCUT2D eigenvalue weighted by Crippen LogP contribution is 2.46. The summed E-state index contributed by atoms with van der Waals surface area (Å²) in [5.41, 5.74) is 3.22. The van der Waals surface area contributed by atoms with Gasteiger partial charge in [-0.05, 0) is 81.7 Å². The second kappa shape index (κ2) is 11.8. The molecule has 2 aromatic carbocycles. The van der Waals surface area contributed by atoms with Crippen LogP contribution in [0.3, 0.4) is 0 Å². The molecular weight excluding hydrogens is 378 g/mol. The van der Waals surface area contributed by atoms with Gasteiger partial charge in [0.15, 0.2) is 0 Å². The van der Waals surface area contributed by atoms with Crippen molar-refractivity contribution in [2.75, 3.05) is 26.2 Å². The van der Waals surface area contributed by atoms with Crippen LogP contribution in [0.4, 0.5) is 0 Å². The first-order chi connectivity index (χ1) is 15.3. The van der Waals surface area contributed by atoms with E-state index in [0.717, 1.165) is 32.1 Å². The third kappa shape index (κ3) is 7.75. The highest BCUT2D eigenvalue weighted by atomic mass is 15.2. The summed E-state index contributed by atoms with van der Waals surface area (Å²) in [5.74, 6) is 1.05. The molecule has 0 aromatic heterocycles. The molecule has 2 N–H and O–H groups in total. The predicted octanol–water partition coefficient (Wildman–Crippen LogP) is 5.37. The average molecular weight is 420 g/mol. The molecule has 3 heteroatoms. The molecule has 2 saturated carbocycles. The summed E-state index contributed by atoms with van der Waals surface area (Å²) in [6.07, 6.45) is 10.8. The molecule has 168 valence electrons. The van der Waals surface area contributed by atoms with Crippen molar-refractivity contribution in [3.05, 3.63) is 71.8 Å². The molecule has 3 nitrogen and oxygen atoms in total. The fraction of sp³-hybridized carbons (Fsp3) is 0.571. The Morgan fingerprint density at radius 3 is 1.77 bits per heavy atom. The molecule has 0 saturated heterocycles. The van der Waals surface area contributed by atoms with Gasteiger partial charge in [-0.3, -0.25) is 4.90 Å². The molecule has 31 heavy (non-hydrogen) atoms. The van der Waals surface area contributed by atoms with Gasteiger partial charge in [-0.2, -0.15) is 0 Å². The lowest BCUT2D eigenvalue weighted by atomic mass is 10.1. The quantitative estimate of drug-likeness (QED) is 0.358. The van der Waals surface area contributed by atoms with Crippen molar-refractivity contribution in [3.8, 4) is 0 Å². The zero-order valence-electron chi connectivity index (χ0n) is 19.2. The topological polar surface area (TPSA) is 27.3 Å². The molecule has 0 spiro atoms. The number of unbranched alkanes of at least 4 members (excludes halogenated alkanes) is 1. The van der Waals surface area contributed by atoms with Gasteiger partial charge >= 0.3 is 0 Å². The van der Waals surface area contributed by atoms with E-state index >= 15 is 0 Å². The third-order valence-corrected chi connectivity index (χ3v) is 7.08. The Kier molecular flexibility index (Phi) is 8.57. The number of rotatable bonds is 16. The molecule has 2 aromatic rings. The number of nitrogens with zero attached hydrogens (tertiary/aromatic N) is 1. The monoisotopic (exact) mass is 419 g/mol. The summed E-state index contributed by atoms with van der Waals surface area (Å²) in [6.45, 7) is 6.77. The van der Waals surface area contributed by atoms with Crippen molar-refractivity contribution in [2.45, 2.75) is 70.0 Å². The molecule has 0 atom stereocenters. The van der Waals surface area contributed by atoms with E-state index in [1.807, 2.05) is 0 Å². The van der Waals surface area contributed by atoms with Crippen molar-refractivity contribution in [1.29, 1.82) is 0 Å². The number of hydrogen-bond acceptors (Lipinski definition) is 3. The molecule has 2 fully saturated rings. The Balaban J connectivity index is 1.18. The zero-order valence-corrected chi connectivity index (χ0v) is 19.2. The Hall–Kier alpha value is -1.68.